The Morgan fingerprint density at radius 3 is 3.16 bits per heavy atom. The summed E-state index contributed by atoms with van der Waals surface area (Å²) in [7, 11) is 0. The molecule has 0 unspecified atom stereocenters. The zero-order valence-corrected chi connectivity index (χ0v) is 12.0. The van der Waals surface area contributed by atoms with E-state index in [1.807, 2.05) is 0 Å². The quantitative estimate of drug-likeness (QED) is 0.879. The van der Waals surface area contributed by atoms with Gasteiger partial charge in [-0.25, -0.2) is 4.98 Å². The van der Waals surface area contributed by atoms with Crippen molar-refractivity contribution in [2.75, 3.05) is 11.9 Å². The first-order chi connectivity index (χ1) is 9.36. The zero-order valence-electron chi connectivity index (χ0n) is 11.2. The number of thiazole rings is 1. The number of anilines is 1. The number of nitrogens with one attached hydrogen (secondary N) is 2. The third-order valence-electron chi connectivity index (χ3n) is 3.46. The van der Waals surface area contributed by atoms with E-state index in [2.05, 4.69) is 46.1 Å². The molecule has 0 saturated carbocycles. The molecule has 0 aliphatic carbocycles. The average molecular weight is 273 g/mol. The van der Waals surface area contributed by atoms with Crippen molar-refractivity contribution >= 4 is 17.0 Å². The highest BCUT2D eigenvalue weighted by atomic mass is 32.1. The molecule has 3 rings (SSSR count). The van der Waals surface area contributed by atoms with Gasteiger partial charge in [-0.15, -0.1) is 11.3 Å². The molecule has 3 nitrogen and oxygen atoms in total. The standard InChI is InChI=1S/C15H19N3S/c1-2-14-18-13(10-19-14)9-16-8-12-5-3-4-11-6-7-17-15(11)12/h3-5,10,16-17H,2,6-9H2,1H3. The molecule has 100 valence electrons. The Bertz CT molecular complexity index is 562. The number of nitrogens with zero attached hydrogens (tertiary/aromatic N) is 1. The van der Waals surface area contributed by atoms with Crippen LogP contribution in [0.25, 0.3) is 0 Å². The molecule has 2 N–H and O–H groups in total. The van der Waals surface area contributed by atoms with Gasteiger partial charge >= 0.3 is 0 Å². The molecule has 0 fully saturated rings. The van der Waals surface area contributed by atoms with Gasteiger partial charge in [-0.3, -0.25) is 0 Å². The molecule has 2 aromatic rings. The molecule has 0 spiro atoms. The summed E-state index contributed by atoms with van der Waals surface area (Å²) in [4.78, 5) is 4.57. The third kappa shape index (κ3) is 2.80. The van der Waals surface area contributed by atoms with E-state index in [0.29, 0.717) is 0 Å². The molecular weight excluding hydrogens is 254 g/mol. The Kier molecular flexibility index (Phi) is 3.80. The van der Waals surface area contributed by atoms with Crippen molar-refractivity contribution in [1.29, 1.82) is 0 Å². The highest BCUT2D eigenvalue weighted by Gasteiger charge is 2.13. The van der Waals surface area contributed by atoms with Gasteiger partial charge in [0.05, 0.1) is 10.7 Å². The molecule has 0 amide bonds. The van der Waals surface area contributed by atoms with E-state index in [0.717, 1.165) is 38.2 Å². The summed E-state index contributed by atoms with van der Waals surface area (Å²) in [5.41, 5.74) is 5.30. The molecule has 0 atom stereocenters. The average Bonchev–Trinajstić information content (AvgIpc) is 3.07. The normalized spacial score (nSPS) is 13.3. The van der Waals surface area contributed by atoms with Crippen LogP contribution in [0.5, 0.6) is 0 Å². The van der Waals surface area contributed by atoms with Crippen LogP contribution in [0.1, 0.15) is 28.8 Å². The number of fused-ring (bicyclic) bond motifs is 1. The van der Waals surface area contributed by atoms with Crippen LogP contribution in [0.3, 0.4) is 0 Å². The van der Waals surface area contributed by atoms with Gasteiger partial charge in [0, 0.05) is 30.7 Å². The first kappa shape index (κ1) is 12.6. The van der Waals surface area contributed by atoms with Gasteiger partial charge in [0.1, 0.15) is 0 Å². The zero-order chi connectivity index (χ0) is 13.1. The maximum atomic E-state index is 4.57. The fourth-order valence-corrected chi connectivity index (χ4v) is 3.22. The number of aryl methyl sites for hydroxylation is 1. The fraction of sp³-hybridized carbons (Fsp3) is 0.400. The van der Waals surface area contributed by atoms with E-state index in [1.165, 1.54) is 21.8 Å². The van der Waals surface area contributed by atoms with Crippen molar-refractivity contribution in [2.24, 2.45) is 0 Å². The Morgan fingerprint density at radius 2 is 2.32 bits per heavy atom. The van der Waals surface area contributed by atoms with E-state index in [-0.39, 0.29) is 0 Å². The number of aromatic nitrogens is 1. The monoisotopic (exact) mass is 273 g/mol. The third-order valence-corrected chi connectivity index (χ3v) is 4.50. The second-order valence-electron chi connectivity index (χ2n) is 4.82. The van der Waals surface area contributed by atoms with Crippen LogP contribution in [0, 0.1) is 0 Å². The van der Waals surface area contributed by atoms with Gasteiger partial charge in [0.2, 0.25) is 0 Å². The molecule has 0 saturated heterocycles. The van der Waals surface area contributed by atoms with Crippen molar-refractivity contribution in [3.8, 4) is 0 Å². The first-order valence-electron chi connectivity index (χ1n) is 6.85. The SMILES string of the molecule is CCc1nc(CNCc2cccc3c2NCC3)cs1. The van der Waals surface area contributed by atoms with Crippen molar-refractivity contribution < 1.29 is 0 Å². The molecule has 0 radical (unpaired) electrons. The van der Waals surface area contributed by atoms with Crippen LogP contribution in [-0.4, -0.2) is 11.5 Å². The van der Waals surface area contributed by atoms with Gasteiger partial charge in [0.15, 0.2) is 0 Å². The van der Waals surface area contributed by atoms with E-state index < -0.39 is 0 Å². The molecule has 1 aromatic heterocycles. The van der Waals surface area contributed by atoms with E-state index in [4.69, 9.17) is 0 Å². The second kappa shape index (κ2) is 5.72. The van der Waals surface area contributed by atoms with Gasteiger partial charge in [-0.1, -0.05) is 25.1 Å². The molecule has 19 heavy (non-hydrogen) atoms. The van der Waals surface area contributed by atoms with Gasteiger partial charge in [-0.2, -0.15) is 0 Å². The molecule has 4 heteroatoms. The van der Waals surface area contributed by atoms with Crippen molar-refractivity contribution in [1.82, 2.24) is 10.3 Å². The number of benzene rings is 1. The van der Waals surface area contributed by atoms with E-state index >= 15 is 0 Å². The topological polar surface area (TPSA) is 37.0 Å². The van der Waals surface area contributed by atoms with E-state index in [1.54, 1.807) is 11.3 Å². The van der Waals surface area contributed by atoms with Gasteiger partial charge in [-0.05, 0) is 24.0 Å². The molecule has 0 bridgehead atoms. The minimum Gasteiger partial charge on any atom is -0.384 e. The first-order valence-corrected chi connectivity index (χ1v) is 7.73. The second-order valence-corrected chi connectivity index (χ2v) is 5.76. The lowest BCUT2D eigenvalue weighted by molar-refractivity contribution is 0.682. The Hall–Kier alpha value is -1.39. The van der Waals surface area contributed by atoms with Crippen molar-refractivity contribution in [3.63, 3.8) is 0 Å². The van der Waals surface area contributed by atoms with Crippen LogP contribution < -0.4 is 10.6 Å². The van der Waals surface area contributed by atoms with Crippen LogP contribution in [-0.2, 0) is 25.9 Å². The van der Waals surface area contributed by atoms with Crippen LogP contribution in [0.15, 0.2) is 23.6 Å². The lowest BCUT2D eigenvalue weighted by Gasteiger charge is -2.09. The number of hydrogen-bond donors (Lipinski definition) is 2. The maximum absolute atomic E-state index is 4.57. The largest absolute Gasteiger partial charge is 0.384 e. The van der Waals surface area contributed by atoms with Crippen molar-refractivity contribution in [3.05, 3.63) is 45.4 Å². The van der Waals surface area contributed by atoms with Gasteiger partial charge in [0.25, 0.3) is 0 Å². The Balaban J connectivity index is 1.59. The van der Waals surface area contributed by atoms with Crippen LogP contribution >= 0.6 is 11.3 Å². The fourth-order valence-electron chi connectivity index (χ4n) is 2.48. The van der Waals surface area contributed by atoms with Crippen LogP contribution in [0.2, 0.25) is 0 Å². The predicted molar refractivity (Wildman–Crippen MR) is 80.7 cm³/mol. The molecule has 1 aliphatic rings. The summed E-state index contributed by atoms with van der Waals surface area (Å²) in [6, 6.07) is 6.57. The molecule has 1 aliphatic heterocycles. The Labute approximate surface area is 118 Å². The minimum atomic E-state index is 0.847. The molecule has 2 heterocycles. The molecular formula is C15H19N3S. The Morgan fingerprint density at radius 1 is 1.37 bits per heavy atom. The van der Waals surface area contributed by atoms with Crippen LogP contribution in [0.4, 0.5) is 5.69 Å². The maximum Gasteiger partial charge on any atom is 0.0926 e. The minimum absolute atomic E-state index is 0.847. The summed E-state index contributed by atoms with van der Waals surface area (Å²) in [5, 5.41) is 10.3. The van der Waals surface area contributed by atoms with Crippen molar-refractivity contribution in [2.45, 2.75) is 32.9 Å². The van der Waals surface area contributed by atoms with E-state index in [9.17, 15) is 0 Å². The lowest BCUT2D eigenvalue weighted by Crippen LogP contribution is -2.14. The highest BCUT2D eigenvalue weighted by molar-refractivity contribution is 7.09. The number of para-hydroxylation sites is 1. The predicted octanol–water partition coefficient (Wildman–Crippen LogP) is 2.96. The summed E-state index contributed by atoms with van der Waals surface area (Å²) >= 11 is 1.75. The summed E-state index contributed by atoms with van der Waals surface area (Å²) in [6.07, 6.45) is 2.18. The number of hydrogen-bond acceptors (Lipinski definition) is 4. The van der Waals surface area contributed by atoms with Gasteiger partial charge < -0.3 is 10.6 Å². The highest BCUT2D eigenvalue weighted by Crippen LogP contribution is 2.26. The summed E-state index contributed by atoms with van der Waals surface area (Å²) in [5.74, 6) is 0. The smallest absolute Gasteiger partial charge is 0.0926 e. The summed E-state index contributed by atoms with van der Waals surface area (Å²) < 4.78 is 0. The summed E-state index contributed by atoms with van der Waals surface area (Å²) in [6.45, 7) is 4.96. The number of rotatable bonds is 5. The molecule has 1 aromatic carbocycles. The lowest BCUT2D eigenvalue weighted by atomic mass is 10.1.